The Hall–Kier alpha value is -2.52. The highest BCUT2D eigenvalue weighted by Crippen LogP contribution is 2.25. The Kier molecular flexibility index (Phi) is 5.25. The Bertz CT molecular complexity index is 809. The van der Waals surface area contributed by atoms with Gasteiger partial charge in [0.1, 0.15) is 5.82 Å². The van der Waals surface area contributed by atoms with E-state index in [9.17, 15) is 0 Å². The highest BCUT2D eigenvalue weighted by Gasteiger charge is 2.22. The molecule has 1 atom stereocenters. The van der Waals surface area contributed by atoms with Crippen LogP contribution in [-0.4, -0.2) is 53.0 Å². The standard InChI is InChI=1S/C16H18N6O2S/c1-10-19-14(21-15(20-10)25-4)11-7-18-16(24-3)22(9-11)12-5-6-13(23-2)17-8-12/h5-9,16H,1-4H3. The third kappa shape index (κ3) is 3.77. The number of aromatic nitrogens is 4. The third-order valence-corrected chi connectivity index (χ3v) is 4.01. The molecule has 0 N–H and O–H groups in total. The van der Waals surface area contributed by atoms with E-state index in [2.05, 4.69) is 24.9 Å². The first-order valence-corrected chi connectivity index (χ1v) is 8.70. The number of hydrogen-bond donors (Lipinski definition) is 0. The molecule has 3 rings (SSSR count). The molecule has 3 heterocycles. The van der Waals surface area contributed by atoms with E-state index in [1.165, 1.54) is 11.8 Å². The van der Waals surface area contributed by atoms with E-state index in [-0.39, 0.29) is 0 Å². The van der Waals surface area contributed by atoms with E-state index in [1.807, 2.05) is 30.3 Å². The van der Waals surface area contributed by atoms with E-state index in [4.69, 9.17) is 9.47 Å². The van der Waals surface area contributed by atoms with Gasteiger partial charge in [-0.1, -0.05) is 11.8 Å². The maximum absolute atomic E-state index is 5.43. The van der Waals surface area contributed by atoms with E-state index in [0.29, 0.717) is 22.7 Å². The van der Waals surface area contributed by atoms with Crippen molar-refractivity contribution in [1.82, 2.24) is 19.9 Å². The molecular weight excluding hydrogens is 340 g/mol. The zero-order valence-electron chi connectivity index (χ0n) is 14.4. The SMILES string of the molecule is COc1ccc(N2C=C(c3nc(C)nc(SC)n3)C=NC2OC)cn1. The fourth-order valence-corrected chi connectivity index (χ4v) is 2.68. The topological polar surface area (TPSA) is 85.6 Å². The minimum Gasteiger partial charge on any atom is -0.481 e. The second-order valence-electron chi connectivity index (χ2n) is 5.08. The average molecular weight is 358 g/mol. The van der Waals surface area contributed by atoms with Gasteiger partial charge >= 0.3 is 0 Å². The summed E-state index contributed by atoms with van der Waals surface area (Å²) in [7, 11) is 3.18. The number of anilines is 1. The van der Waals surface area contributed by atoms with Gasteiger partial charge in [-0.05, 0) is 19.2 Å². The van der Waals surface area contributed by atoms with Gasteiger partial charge in [-0.2, -0.15) is 0 Å². The molecule has 1 aliphatic heterocycles. The van der Waals surface area contributed by atoms with Crippen LogP contribution in [0.3, 0.4) is 0 Å². The molecule has 8 nitrogen and oxygen atoms in total. The summed E-state index contributed by atoms with van der Waals surface area (Å²) < 4.78 is 10.5. The second-order valence-corrected chi connectivity index (χ2v) is 5.86. The summed E-state index contributed by atoms with van der Waals surface area (Å²) in [6.45, 7) is 1.84. The van der Waals surface area contributed by atoms with Crippen molar-refractivity contribution in [2.75, 3.05) is 25.4 Å². The van der Waals surface area contributed by atoms with Gasteiger partial charge in [0.2, 0.25) is 12.2 Å². The lowest BCUT2D eigenvalue weighted by Gasteiger charge is -2.29. The Morgan fingerprint density at radius 1 is 1.16 bits per heavy atom. The van der Waals surface area contributed by atoms with E-state index < -0.39 is 6.35 Å². The summed E-state index contributed by atoms with van der Waals surface area (Å²) in [4.78, 5) is 23.7. The minimum absolute atomic E-state index is 0.484. The van der Waals surface area contributed by atoms with Crippen molar-refractivity contribution >= 4 is 29.2 Å². The number of methoxy groups -OCH3 is 2. The predicted octanol–water partition coefficient (Wildman–Crippen LogP) is 2.17. The summed E-state index contributed by atoms with van der Waals surface area (Å²) in [5, 5.41) is 0.670. The van der Waals surface area contributed by atoms with E-state index in [0.717, 1.165) is 11.3 Å². The number of rotatable bonds is 5. The molecule has 0 bridgehead atoms. The maximum atomic E-state index is 5.43. The maximum Gasteiger partial charge on any atom is 0.231 e. The number of pyridine rings is 1. The summed E-state index contributed by atoms with van der Waals surface area (Å²) in [5.41, 5.74) is 1.59. The zero-order valence-corrected chi connectivity index (χ0v) is 15.2. The zero-order chi connectivity index (χ0) is 17.8. The van der Waals surface area contributed by atoms with Crippen molar-refractivity contribution < 1.29 is 9.47 Å². The lowest BCUT2D eigenvalue weighted by molar-refractivity contribution is 0.114. The first kappa shape index (κ1) is 17.3. The summed E-state index contributed by atoms with van der Waals surface area (Å²) in [5.74, 6) is 1.77. The van der Waals surface area contributed by atoms with Crippen LogP contribution < -0.4 is 9.64 Å². The van der Waals surface area contributed by atoms with Crippen LogP contribution in [-0.2, 0) is 4.74 Å². The molecule has 0 fully saturated rings. The smallest absolute Gasteiger partial charge is 0.231 e. The molecule has 0 saturated carbocycles. The van der Waals surface area contributed by atoms with Gasteiger partial charge in [0.05, 0.1) is 24.6 Å². The Morgan fingerprint density at radius 3 is 2.64 bits per heavy atom. The number of nitrogens with zero attached hydrogens (tertiary/aromatic N) is 6. The summed E-state index contributed by atoms with van der Waals surface area (Å²) >= 11 is 1.47. The number of aliphatic imine (C=N–C) groups is 1. The Morgan fingerprint density at radius 2 is 2.00 bits per heavy atom. The average Bonchev–Trinajstić information content (AvgIpc) is 2.67. The van der Waals surface area contributed by atoms with Gasteiger partial charge in [0.15, 0.2) is 11.0 Å². The predicted molar refractivity (Wildman–Crippen MR) is 96.9 cm³/mol. The summed E-state index contributed by atoms with van der Waals surface area (Å²) in [6.07, 6.45) is 6.75. The van der Waals surface area contributed by atoms with Crippen LogP contribution in [0.4, 0.5) is 5.69 Å². The van der Waals surface area contributed by atoms with E-state index in [1.54, 1.807) is 32.7 Å². The largest absolute Gasteiger partial charge is 0.481 e. The third-order valence-electron chi connectivity index (χ3n) is 3.46. The van der Waals surface area contributed by atoms with Crippen LogP contribution in [0.2, 0.25) is 0 Å². The van der Waals surface area contributed by atoms with Crippen molar-refractivity contribution in [3.8, 4) is 5.88 Å². The quantitative estimate of drug-likeness (QED) is 0.752. The molecule has 0 saturated heterocycles. The van der Waals surface area contributed by atoms with Gasteiger partial charge in [0.25, 0.3) is 0 Å². The molecule has 0 spiro atoms. The molecular formula is C16H18N6O2S. The number of ether oxygens (including phenoxy) is 2. The second kappa shape index (κ2) is 7.58. The van der Waals surface area contributed by atoms with Crippen LogP contribution in [0, 0.1) is 6.92 Å². The van der Waals surface area contributed by atoms with Crippen molar-refractivity contribution in [3.63, 3.8) is 0 Å². The molecule has 0 aromatic carbocycles. The monoisotopic (exact) mass is 358 g/mol. The van der Waals surface area contributed by atoms with Gasteiger partial charge in [-0.3, -0.25) is 0 Å². The van der Waals surface area contributed by atoms with Gasteiger partial charge in [-0.25, -0.2) is 24.9 Å². The van der Waals surface area contributed by atoms with Crippen LogP contribution in [0.5, 0.6) is 5.88 Å². The van der Waals surface area contributed by atoms with Gasteiger partial charge in [0, 0.05) is 25.6 Å². The molecule has 0 amide bonds. The lowest BCUT2D eigenvalue weighted by atomic mass is 10.2. The van der Waals surface area contributed by atoms with Crippen LogP contribution in [0.1, 0.15) is 11.6 Å². The number of hydrogen-bond acceptors (Lipinski definition) is 9. The molecule has 2 aromatic heterocycles. The fourth-order valence-electron chi connectivity index (χ4n) is 2.28. The highest BCUT2D eigenvalue weighted by molar-refractivity contribution is 7.98. The van der Waals surface area contributed by atoms with Crippen LogP contribution >= 0.6 is 11.8 Å². The minimum atomic E-state index is -0.484. The van der Waals surface area contributed by atoms with Crippen molar-refractivity contribution in [2.45, 2.75) is 18.4 Å². The molecule has 25 heavy (non-hydrogen) atoms. The Labute approximate surface area is 150 Å². The number of aryl methyl sites for hydroxylation is 1. The van der Waals surface area contributed by atoms with Crippen LogP contribution in [0.15, 0.2) is 34.7 Å². The molecule has 2 aromatic rings. The molecule has 1 unspecified atom stereocenters. The normalized spacial score (nSPS) is 16.7. The molecule has 0 radical (unpaired) electrons. The van der Waals surface area contributed by atoms with E-state index >= 15 is 0 Å². The molecule has 9 heteroatoms. The van der Waals surface area contributed by atoms with Crippen molar-refractivity contribution in [2.24, 2.45) is 4.99 Å². The van der Waals surface area contributed by atoms with Crippen LogP contribution in [0.25, 0.3) is 5.57 Å². The van der Waals surface area contributed by atoms with Gasteiger partial charge in [-0.15, -0.1) is 0 Å². The van der Waals surface area contributed by atoms with Gasteiger partial charge < -0.3 is 14.4 Å². The Balaban J connectivity index is 1.98. The molecule has 1 aliphatic rings. The first-order valence-electron chi connectivity index (χ1n) is 7.48. The summed E-state index contributed by atoms with van der Waals surface area (Å²) in [6, 6.07) is 3.67. The molecule has 130 valence electrons. The van der Waals surface area contributed by atoms with Crippen molar-refractivity contribution in [1.29, 1.82) is 0 Å². The molecule has 0 aliphatic carbocycles. The first-order chi connectivity index (χ1) is 12.1. The number of allylic oxidation sites excluding steroid dienone is 1. The number of thioether (sulfide) groups is 1. The lowest BCUT2D eigenvalue weighted by Crippen LogP contribution is -2.33. The van der Waals surface area contributed by atoms with Crippen molar-refractivity contribution in [3.05, 3.63) is 36.2 Å². The fraction of sp³-hybridized carbons (Fsp3) is 0.312. The highest BCUT2D eigenvalue weighted by atomic mass is 32.2.